The van der Waals surface area contributed by atoms with Gasteiger partial charge in [0.15, 0.2) is 0 Å². The van der Waals surface area contributed by atoms with Gasteiger partial charge >= 0.3 is 0 Å². The molecule has 1 fully saturated rings. The first kappa shape index (κ1) is 14.8. The molecule has 0 saturated carbocycles. The Balaban J connectivity index is 1.67. The summed E-state index contributed by atoms with van der Waals surface area (Å²) in [4.78, 5) is 4.99. The molecule has 3 rings (SSSR count). The van der Waals surface area contributed by atoms with Gasteiger partial charge in [0.1, 0.15) is 12.4 Å². The third kappa shape index (κ3) is 2.93. The van der Waals surface area contributed by atoms with Crippen LogP contribution in [0.15, 0.2) is 24.3 Å². The van der Waals surface area contributed by atoms with Gasteiger partial charge in [-0.25, -0.2) is 0 Å². The van der Waals surface area contributed by atoms with E-state index in [-0.39, 0.29) is 12.1 Å². The Labute approximate surface area is 127 Å². The predicted octanol–water partition coefficient (Wildman–Crippen LogP) is 1.86. The topological polar surface area (TPSA) is 41.7 Å². The molecule has 2 aliphatic rings. The number of rotatable bonds is 4. The average molecular weight is 289 g/mol. The number of hydrogen-bond donors (Lipinski definition) is 1. The van der Waals surface area contributed by atoms with Crippen LogP contribution >= 0.6 is 0 Å². The fourth-order valence-corrected chi connectivity index (χ4v) is 3.76. The van der Waals surface area contributed by atoms with E-state index in [9.17, 15) is 0 Å². The van der Waals surface area contributed by atoms with Gasteiger partial charge in [0.2, 0.25) is 0 Å². The number of likely N-dealkylation sites (tertiary alicyclic amines) is 1. The van der Waals surface area contributed by atoms with Crippen LogP contribution in [0, 0.1) is 0 Å². The minimum Gasteiger partial charge on any atom is -0.492 e. The number of nitrogens with zero attached hydrogens (tertiary/aromatic N) is 2. The maximum atomic E-state index is 6.50. The molecule has 21 heavy (non-hydrogen) atoms. The highest BCUT2D eigenvalue weighted by Gasteiger charge is 2.33. The summed E-state index contributed by atoms with van der Waals surface area (Å²) in [6.45, 7) is 6.41. The van der Waals surface area contributed by atoms with E-state index in [0.717, 1.165) is 24.4 Å². The molecule has 2 aliphatic heterocycles. The summed E-state index contributed by atoms with van der Waals surface area (Å²) >= 11 is 0. The van der Waals surface area contributed by atoms with E-state index < -0.39 is 0 Å². The highest BCUT2D eigenvalue weighted by atomic mass is 16.5. The van der Waals surface area contributed by atoms with Gasteiger partial charge in [-0.15, -0.1) is 0 Å². The standard InChI is InChI=1S/C17H27N3O/c1-3-20-10-6-7-13(20)11-19(2)15-12-21-16-9-5-4-8-14(16)17(15)18/h4-5,8-9,13,15,17H,3,6-7,10-12,18H2,1-2H3. The lowest BCUT2D eigenvalue weighted by Gasteiger charge is -2.39. The summed E-state index contributed by atoms with van der Waals surface area (Å²) in [5, 5.41) is 0. The van der Waals surface area contributed by atoms with Crippen LogP contribution in [0.3, 0.4) is 0 Å². The van der Waals surface area contributed by atoms with E-state index in [1.807, 2.05) is 18.2 Å². The first-order chi connectivity index (χ1) is 10.2. The molecule has 116 valence electrons. The van der Waals surface area contributed by atoms with Crippen molar-refractivity contribution in [2.45, 2.75) is 37.9 Å². The second-order valence-electron chi connectivity index (χ2n) is 6.31. The maximum Gasteiger partial charge on any atom is 0.124 e. The lowest BCUT2D eigenvalue weighted by molar-refractivity contribution is 0.0947. The minimum absolute atomic E-state index is 0.0384. The molecule has 0 amide bonds. The van der Waals surface area contributed by atoms with E-state index in [2.05, 4.69) is 29.8 Å². The van der Waals surface area contributed by atoms with Gasteiger partial charge in [-0.2, -0.15) is 0 Å². The second kappa shape index (κ2) is 6.34. The third-order valence-corrected chi connectivity index (χ3v) is 5.07. The zero-order chi connectivity index (χ0) is 14.8. The Morgan fingerprint density at radius 3 is 3.00 bits per heavy atom. The fourth-order valence-electron chi connectivity index (χ4n) is 3.76. The Morgan fingerprint density at radius 2 is 2.19 bits per heavy atom. The van der Waals surface area contributed by atoms with Crippen LogP contribution in [-0.2, 0) is 0 Å². The number of hydrogen-bond acceptors (Lipinski definition) is 4. The van der Waals surface area contributed by atoms with Crippen molar-refractivity contribution in [3.05, 3.63) is 29.8 Å². The first-order valence-electron chi connectivity index (χ1n) is 8.12. The quantitative estimate of drug-likeness (QED) is 0.919. The third-order valence-electron chi connectivity index (χ3n) is 5.07. The molecular formula is C17H27N3O. The highest BCUT2D eigenvalue weighted by Crippen LogP contribution is 2.32. The van der Waals surface area contributed by atoms with Crippen LogP contribution in [0.5, 0.6) is 5.75 Å². The molecule has 1 aromatic carbocycles. The Kier molecular flexibility index (Phi) is 4.48. The van der Waals surface area contributed by atoms with Gasteiger partial charge in [-0.3, -0.25) is 9.80 Å². The van der Waals surface area contributed by atoms with Gasteiger partial charge in [-0.1, -0.05) is 25.1 Å². The maximum absolute atomic E-state index is 6.50. The molecule has 0 radical (unpaired) electrons. The highest BCUT2D eigenvalue weighted by molar-refractivity contribution is 5.38. The molecule has 1 saturated heterocycles. The lowest BCUT2D eigenvalue weighted by atomic mass is 9.96. The summed E-state index contributed by atoms with van der Waals surface area (Å²) in [5.41, 5.74) is 7.64. The van der Waals surface area contributed by atoms with Crippen molar-refractivity contribution < 1.29 is 4.74 Å². The van der Waals surface area contributed by atoms with Gasteiger partial charge < -0.3 is 10.5 Å². The number of ether oxygens (including phenoxy) is 1. The molecule has 1 aromatic rings. The SMILES string of the molecule is CCN1CCCC1CN(C)C1COc2ccccc2C1N. The molecular weight excluding hydrogens is 262 g/mol. The molecule has 4 heteroatoms. The summed E-state index contributed by atoms with van der Waals surface area (Å²) in [5.74, 6) is 0.950. The smallest absolute Gasteiger partial charge is 0.124 e. The van der Waals surface area contributed by atoms with E-state index in [1.165, 1.54) is 19.4 Å². The molecule has 2 N–H and O–H groups in total. The molecule has 0 spiro atoms. The number of likely N-dealkylation sites (N-methyl/N-ethyl adjacent to an activating group) is 2. The van der Waals surface area contributed by atoms with Crippen LogP contribution in [0.2, 0.25) is 0 Å². The normalized spacial score (nSPS) is 29.4. The van der Waals surface area contributed by atoms with Gasteiger partial charge in [0.25, 0.3) is 0 Å². The number of fused-ring (bicyclic) bond motifs is 1. The number of benzene rings is 1. The van der Waals surface area contributed by atoms with Crippen molar-refractivity contribution in [3.8, 4) is 5.75 Å². The van der Waals surface area contributed by atoms with Crippen molar-refractivity contribution >= 4 is 0 Å². The molecule has 4 nitrogen and oxygen atoms in total. The molecule has 3 atom stereocenters. The number of para-hydroxylation sites is 1. The van der Waals surface area contributed by atoms with E-state index in [4.69, 9.17) is 10.5 Å². The van der Waals surface area contributed by atoms with E-state index >= 15 is 0 Å². The van der Waals surface area contributed by atoms with Crippen molar-refractivity contribution in [2.24, 2.45) is 5.73 Å². The van der Waals surface area contributed by atoms with Crippen LogP contribution in [0.4, 0.5) is 0 Å². The van der Waals surface area contributed by atoms with Gasteiger partial charge in [-0.05, 0) is 39.0 Å². The molecule has 2 heterocycles. The summed E-state index contributed by atoms with van der Waals surface area (Å²) in [6.07, 6.45) is 2.62. The average Bonchev–Trinajstić information content (AvgIpc) is 2.95. The molecule has 3 unspecified atom stereocenters. The molecule has 0 bridgehead atoms. The van der Waals surface area contributed by atoms with E-state index in [0.29, 0.717) is 12.6 Å². The van der Waals surface area contributed by atoms with Crippen molar-refractivity contribution in [3.63, 3.8) is 0 Å². The van der Waals surface area contributed by atoms with E-state index in [1.54, 1.807) is 0 Å². The molecule has 0 aliphatic carbocycles. The van der Waals surface area contributed by atoms with Crippen molar-refractivity contribution in [2.75, 3.05) is 33.3 Å². The van der Waals surface area contributed by atoms with Crippen LogP contribution in [0.1, 0.15) is 31.4 Å². The second-order valence-corrected chi connectivity index (χ2v) is 6.31. The minimum atomic E-state index is 0.0384. The van der Waals surface area contributed by atoms with Crippen LogP contribution in [-0.4, -0.2) is 55.2 Å². The monoisotopic (exact) mass is 289 g/mol. The largest absolute Gasteiger partial charge is 0.492 e. The predicted molar refractivity (Wildman–Crippen MR) is 85.6 cm³/mol. The Morgan fingerprint density at radius 1 is 1.38 bits per heavy atom. The molecule has 0 aromatic heterocycles. The zero-order valence-corrected chi connectivity index (χ0v) is 13.2. The van der Waals surface area contributed by atoms with Crippen molar-refractivity contribution in [1.29, 1.82) is 0 Å². The first-order valence-corrected chi connectivity index (χ1v) is 8.12. The zero-order valence-electron chi connectivity index (χ0n) is 13.2. The van der Waals surface area contributed by atoms with Gasteiger partial charge in [0, 0.05) is 18.2 Å². The lowest BCUT2D eigenvalue weighted by Crippen LogP contribution is -2.50. The summed E-state index contributed by atoms with van der Waals surface area (Å²) < 4.78 is 5.91. The fraction of sp³-hybridized carbons (Fsp3) is 0.647. The summed E-state index contributed by atoms with van der Waals surface area (Å²) in [6, 6.07) is 9.13. The Hall–Kier alpha value is -1.10. The van der Waals surface area contributed by atoms with Gasteiger partial charge in [0.05, 0.1) is 12.1 Å². The summed E-state index contributed by atoms with van der Waals surface area (Å²) in [7, 11) is 2.19. The van der Waals surface area contributed by atoms with Crippen LogP contribution in [0.25, 0.3) is 0 Å². The van der Waals surface area contributed by atoms with Crippen molar-refractivity contribution in [1.82, 2.24) is 9.80 Å². The number of nitrogens with two attached hydrogens (primary N) is 1. The Bertz CT molecular complexity index is 479. The van der Waals surface area contributed by atoms with Crippen LogP contribution < -0.4 is 10.5 Å².